The van der Waals surface area contributed by atoms with Gasteiger partial charge in [-0.2, -0.15) is 0 Å². The second kappa shape index (κ2) is 3.94. The first kappa shape index (κ1) is 11.7. The third-order valence-electron chi connectivity index (χ3n) is 3.73. The number of hydrogen-bond donors (Lipinski definition) is 2. The van der Waals surface area contributed by atoms with E-state index < -0.39 is 0 Å². The summed E-state index contributed by atoms with van der Waals surface area (Å²) in [5, 5.41) is 13.9. The quantitative estimate of drug-likeness (QED) is 0.831. The minimum atomic E-state index is -0.197. The van der Waals surface area contributed by atoms with Crippen LogP contribution in [0.4, 0.5) is 5.69 Å². The van der Waals surface area contributed by atoms with Crippen LogP contribution in [-0.4, -0.2) is 17.3 Å². The molecule has 0 bridgehead atoms. The Bertz CT molecular complexity index is 403. The lowest BCUT2D eigenvalue weighted by molar-refractivity contribution is -0.0510. The lowest BCUT2D eigenvalue weighted by Crippen LogP contribution is -2.56. The first-order chi connectivity index (χ1) is 7.41. The molecule has 2 N–H and O–H groups in total. The van der Waals surface area contributed by atoms with E-state index in [0.29, 0.717) is 6.04 Å². The van der Waals surface area contributed by atoms with Gasteiger partial charge in [-0.15, -0.1) is 0 Å². The molecule has 1 aliphatic rings. The third-order valence-corrected chi connectivity index (χ3v) is 3.97. The fraction of sp³-hybridized carbons (Fsp3) is 0.538. The Hall–Kier alpha value is -0.730. The van der Waals surface area contributed by atoms with Crippen molar-refractivity contribution in [3.8, 4) is 0 Å². The Morgan fingerprint density at radius 3 is 2.62 bits per heavy atom. The first-order valence-electron chi connectivity index (χ1n) is 5.62. The van der Waals surface area contributed by atoms with Crippen molar-refractivity contribution in [2.45, 2.75) is 39.3 Å². The molecule has 0 heterocycles. The third kappa shape index (κ3) is 1.92. The molecule has 88 valence electrons. The number of aliphatic hydroxyl groups is 1. The van der Waals surface area contributed by atoms with Crippen LogP contribution in [0.1, 0.15) is 25.8 Å². The summed E-state index contributed by atoms with van der Waals surface area (Å²) in [6.07, 6.45) is 0.618. The number of benzene rings is 1. The fourth-order valence-corrected chi connectivity index (χ4v) is 2.35. The molecule has 0 spiro atoms. The Morgan fingerprint density at radius 1 is 1.44 bits per heavy atom. The molecule has 3 heteroatoms. The average molecular weight is 240 g/mol. The van der Waals surface area contributed by atoms with Crippen LogP contribution in [0.25, 0.3) is 0 Å². The Morgan fingerprint density at radius 2 is 2.12 bits per heavy atom. The summed E-state index contributed by atoms with van der Waals surface area (Å²) in [5.41, 5.74) is 2.20. The van der Waals surface area contributed by atoms with Crippen molar-refractivity contribution in [1.29, 1.82) is 0 Å². The van der Waals surface area contributed by atoms with Crippen LogP contribution < -0.4 is 5.32 Å². The van der Waals surface area contributed by atoms with E-state index in [1.165, 1.54) is 0 Å². The first-order valence-corrected chi connectivity index (χ1v) is 6.00. The fourth-order valence-electron chi connectivity index (χ4n) is 2.12. The second-order valence-corrected chi connectivity index (χ2v) is 5.67. The number of nitrogens with one attached hydrogen (secondary N) is 1. The van der Waals surface area contributed by atoms with Crippen molar-refractivity contribution in [1.82, 2.24) is 0 Å². The van der Waals surface area contributed by atoms with Gasteiger partial charge in [0.2, 0.25) is 0 Å². The molecule has 16 heavy (non-hydrogen) atoms. The topological polar surface area (TPSA) is 32.3 Å². The Kier molecular flexibility index (Phi) is 2.89. The molecule has 0 aliphatic heterocycles. The molecule has 0 aromatic heterocycles. The number of hydrogen-bond acceptors (Lipinski definition) is 2. The summed E-state index contributed by atoms with van der Waals surface area (Å²) in [6, 6.07) is 6.17. The SMILES string of the molecule is Cc1cc(Cl)ccc1NC1CC(O)C1(C)C. The number of halogens is 1. The summed E-state index contributed by atoms with van der Waals surface area (Å²) < 4.78 is 0. The van der Waals surface area contributed by atoms with E-state index in [1.54, 1.807) is 0 Å². The molecule has 2 rings (SSSR count). The summed E-state index contributed by atoms with van der Waals surface area (Å²) in [7, 11) is 0. The van der Waals surface area contributed by atoms with Crippen LogP contribution in [0.3, 0.4) is 0 Å². The van der Waals surface area contributed by atoms with E-state index >= 15 is 0 Å². The molecular weight excluding hydrogens is 222 g/mol. The normalized spacial score (nSPS) is 27.3. The Labute approximate surface area is 102 Å². The van der Waals surface area contributed by atoms with Gasteiger partial charge < -0.3 is 10.4 Å². The van der Waals surface area contributed by atoms with Crippen molar-refractivity contribution >= 4 is 17.3 Å². The number of anilines is 1. The molecule has 2 atom stereocenters. The molecule has 1 fully saturated rings. The van der Waals surface area contributed by atoms with Gasteiger partial charge in [0.05, 0.1) is 6.10 Å². The van der Waals surface area contributed by atoms with Crippen molar-refractivity contribution in [2.75, 3.05) is 5.32 Å². The van der Waals surface area contributed by atoms with E-state index in [9.17, 15) is 5.11 Å². The maximum Gasteiger partial charge on any atom is 0.0630 e. The van der Waals surface area contributed by atoms with Crippen molar-refractivity contribution in [3.05, 3.63) is 28.8 Å². The van der Waals surface area contributed by atoms with Crippen LogP contribution >= 0.6 is 11.6 Å². The summed E-state index contributed by atoms with van der Waals surface area (Å²) in [6.45, 7) is 6.21. The molecule has 2 unspecified atom stereocenters. The molecule has 2 nitrogen and oxygen atoms in total. The maximum atomic E-state index is 9.68. The highest BCUT2D eigenvalue weighted by Gasteiger charge is 2.47. The molecule has 1 aromatic rings. The average Bonchev–Trinajstić information content (AvgIpc) is 2.21. The Balaban J connectivity index is 2.11. The van der Waals surface area contributed by atoms with Gasteiger partial charge >= 0.3 is 0 Å². The summed E-state index contributed by atoms with van der Waals surface area (Å²) in [4.78, 5) is 0. The monoisotopic (exact) mass is 239 g/mol. The molecule has 0 saturated heterocycles. The van der Waals surface area contributed by atoms with Crippen LogP contribution in [0.15, 0.2) is 18.2 Å². The smallest absolute Gasteiger partial charge is 0.0630 e. The zero-order valence-electron chi connectivity index (χ0n) is 9.92. The lowest BCUT2D eigenvalue weighted by Gasteiger charge is -2.50. The summed E-state index contributed by atoms with van der Waals surface area (Å²) >= 11 is 5.91. The van der Waals surface area contributed by atoms with Crippen molar-refractivity contribution < 1.29 is 5.11 Å². The molecule has 1 saturated carbocycles. The highest BCUT2D eigenvalue weighted by Crippen LogP contribution is 2.42. The van der Waals surface area contributed by atoms with Crippen LogP contribution in [0.5, 0.6) is 0 Å². The molecule has 1 aliphatic carbocycles. The van der Waals surface area contributed by atoms with Crippen LogP contribution in [-0.2, 0) is 0 Å². The van der Waals surface area contributed by atoms with E-state index in [4.69, 9.17) is 11.6 Å². The minimum absolute atomic E-state index is 0.0495. The standard InChI is InChI=1S/C13H18ClNO/c1-8-6-9(14)4-5-10(8)15-11-7-12(16)13(11,2)3/h4-6,11-12,15-16H,7H2,1-3H3. The van der Waals surface area contributed by atoms with E-state index in [1.807, 2.05) is 25.1 Å². The highest BCUT2D eigenvalue weighted by atomic mass is 35.5. The van der Waals surface area contributed by atoms with Gasteiger partial charge in [-0.3, -0.25) is 0 Å². The van der Waals surface area contributed by atoms with Crippen LogP contribution in [0.2, 0.25) is 5.02 Å². The summed E-state index contributed by atoms with van der Waals surface area (Å²) in [5.74, 6) is 0. The predicted octanol–water partition coefficient (Wildman–Crippen LogP) is 3.22. The number of rotatable bonds is 2. The van der Waals surface area contributed by atoms with E-state index in [-0.39, 0.29) is 11.5 Å². The van der Waals surface area contributed by atoms with Crippen LogP contribution in [0, 0.1) is 12.3 Å². The minimum Gasteiger partial charge on any atom is -0.392 e. The van der Waals surface area contributed by atoms with Crippen molar-refractivity contribution in [3.63, 3.8) is 0 Å². The van der Waals surface area contributed by atoms with Gasteiger partial charge in [-0.05, 0) is 37.1 Å². The van der Waals surface area contributed by atoms with Gasteiger partial charge in [-0.25, -0.2) is 0 Å². The maximum absolute atomic E-state index is 9.68. The molecule has 0 amide bonds. The highest BCUT2D eigenvalue weighted by molar-refractivity contribution is 6.30. The number of aliphatic hydroxyl groups excluding tert-OH is 1. The van der Waals surface area contributed by atoms with Gasteiger partial charge in [0.1, 0.15) is 0 Å². The number of aryl methyl sites for hydroxylation is 1. The van der Waals surface area contributed by atoms with E-state index in [0.717, 1.165) is 22.7 Å². The molecule has 0 radical (unpaired) electrons. The van der Waals surface area contributed by atoms with Gasteiger partial charge in [0.25, 0.3) is 0 Å². The second-order valence-electron chi connectivity index (χ2n) is 5.23. The molecule has 1 aromatic carbocycles. The predicted molar refractivity (Wildman–Crippen MR) is 68.0 cm³/mol. The zero-order valence-corrected chi connectivity index (χ0v) is 10.7. The van der Waals surface area contributed by atoms with Gasteiger partial charge in [0.15, 0.2) is 0 Å². The zero-order chi connectivity index (χ0) is 11.9. The van der Waals surface area contributed by atoms with Crippen molar-refractivity contribution in [2.24, 2.45) is 5.41 Å². The molecular formula is C13H18ClNO. The van der Waals surface area contributed by atoms with Gasteiger partial charge in [-0.1, -0.05) is 25.4 Å². The van der Waals surface area contributed by atoms with Gasteiger partial charge in [0, 0.05) is 22.2 Å². The largest absolute Gasteiger partial charge is 0.392 e. The lowest BCUT2D eigenvalue weighted by atomic mass is 9.64. The van der Waals surface area contributed by atoms with E-state index in [2.05, 4.69) is 19.2 Å².